The summed E-state index contributed by atoms with van der Waals surface area (Å²) in [6, 6.07) is 15.5. The molecule has 2 aromatic carbocycles. The van der Waals surface area contributed by atoms with Gasteiger partial charge in [0.25, 0.3) is 0 Å². The van der Waals surface area contributed by atoms with Crippen LogP contribution in [0.25, 0.3) is 0 Å². The third-order valence-electron chi connectivity index (χ3n) is 5.17. The summed E-state index contributed by atoms with van der Waals surface area (Å²) in [5, 5.41) is 0. The van der Waals surface area contributed by atoms with E-state index in [0.717, 1.165) is 12.2 Å². The topological polar surface area (TPSA) is 38.8 Å². The molecule has 0 radical (unpaired) electrons. The number of carbonyl (C=O) groups excluding carboxylic acids is 1. The second-order valence-corrected chi connectivity index (χ2v) is 7.49. The lowest BCUT2D eigenvalue weighted by Crippen LogP contribution is -2.49. The van der Waals surface area contributed by atoms with Crippen LogP contribution in [0.15, 0.2) is 48.5 Å². The highest BCUT2D eigenvalue weighted by molar-refractivity contribution is 5.89. The lowest BCUT2D eigenvalue weighted by atomic mass is 9.80. The van der Waals surface area contributed by atoms with Crippen molar-refractivity contribution in [3.8, 4) is 5.75 Å². The van der Waals surface area contributed by atoms with Gasteiger partial charge in [-0.15, -0.1) is 0 Å². The highest BCUT2D eigenvalue weighted by Gasteiger charge is 2.35. The molecule has 2 aromatic rings. The predicted octanol–water partition coefficient (Wildman–Crippen LogP) is 4.64. The monoisotopic (exact) mass is 353 g/mol. The van der Waals surface area contributed by atoms with Crippen molar-refractivity contribution in [2.45, 2.75) is 38.6 Å². The van der Waals surface area contributed by atoms with Crippen molar-refractivity contribution in [1.29, 1.82) is 0 Å². The van der Waals surface area contributed by atoms with Gasteiger partial charge in [-0.25, -0.2) is 4.79 Å². The average molecular weight is 353 g/mol. The zero-order valence-corrected chi connectivity index (χ0v) is 16.0. The molecule has 0 spiro atoms. The van der Waals surface area contributed by atoms with E-state index in [1.165, 1.54) is 11.3 Å². The van der Waals surface area contributed by atoms with Crippen LogP contribution in [0, 0.1) is 0 Å². The lowest BCUT2D eigenvalue weighted by Gasteiger charge is -2.47. The second kappa shape index (κ2) is 7.40. The van der Waals surface area contributed by atoms with Crippen LogP contribution in [-0.4, -0.2) is 31.8 Å². The Morgan fingerprint density at radius 3 is 2.54 bits per heavy atom. The molecule has 1 unspecified atom stereocenters. The van der Waals surface area contributed by atoms with E-state index in [2.05, 4.69) is 49.9 Å². The first-order valence-corrected chi connectivity index (χ1v) is 9.10. The van der Waals surface area contributed by atoms with Gasteiger partial charge in [0.15, 0.2) is 0 Å². The molecular formula is C22H27NO3. The summed E-state index contributed by atoms with van der Waals surface area (Å²) in [6.07, 6.45) is 1.08. The maximum atomic E-state index is 12.3. The van der Waals surface area contributed by atoms with Crippen molar-refractivity contribution in [3.63, 3.8) is 0 Å². The number of ether oxygens (including phenoxy) is 2. The fourth-order valence-corrected chi connectivity index (χ4v) is 3.91. The van der Waals surface area contributed by atoms with E-state index < -0.39 is 0 Å². The number of benzene rings is 2. The van der Waals surface area contributed by atoms with Crippen molar-refractivity contribution in [1.82, 2.24) is 0 Å². The standard InChI is InChI=1S/C22H27NO3/c1-16-15-22(2,3)23(20-8-6-5-7-19(16)20)13-14-26-21(24)17-9-11-18(25-4)12-10-17/h5-12,16H,13-15H2,1-4H3. The van der Waals surface area contributed by atoms with Gasteiger partial charge in [-0.3, -0.25) is 0 Å². The van der Waals surface area contributed by atoms with Crippen molar-refractivity contribution in [2.24, 2.45) is 0 Å². The summed E-state index contributed by atoms with van der Waals surface area (Å²) >= 11 is 0. The van der Waals surface area contributed by atoms with Crippen LogP contribution in [0.2, 0.25) is 0 Å². The van der Waals surface area contributed by atoms with Crippen molar-refractivity contribution >= 4 is 11.7 Å². The molecule has 1 aliphatic heterocycles. The van der Waals surface area contributed by atoms with Crippen molar-refractivity contribution in [3.05, 3.63) is 59.7 Å². The molecule has 0 saturated carbocycles. The van der Waals surface area contributed by atoms with Crippen LogP contribution < -0.4 is 9.64 Å². The maximum absolute atomic E-state index is 12.3. The molecule has 138 valence electrons. The Hall–Kier alpha value is -2.49. The number of hydrogen-bond acceptors (Lipinski definition) is 4. The number of rotatable bonds is 5. The summed E-state index contributed by atoms with van der Waals surface area (Å²) in [5.74, 6) is 0.950. The summed E-state index contributed by atoms with van der Waals surface area (Å²) < 4.78 is 10.6. The third-order valence-corrected chi connectivity index (χ3v) is 5.17. The zero-order chi connectivity index (χ0) is 18.7. The van der Waals surface area contributed by atoms with Gasteiger partial charge in [-0.05, 0) is 62.1 Å². The van der Waals surface area contributed by atoms with E-state index >= 15 is 0 Å². The van der Waals surface area contributed by atoms with E-state index in [0.29, 0.717) is 24.6 Å². The molecule has 1 atom stereocenters. The molecule has 0 bridgehead atoms. The fourth-order valence-electron chi connectivity index (χ4n) is 3.91. The summed E-state index contributed by atoms with van der Waals surface area (Å²) in [7, 11) is 1.60. The van der Waals surface area contributed by atoms with E-state index in [9.17, 15) is 4.79 Å². The molecule has 1 aliphatic rings. The molecular weight excluding hydrogens is 326 g/mol. The highest BCUT2D eigenvalue weighted by Crippen LogP contribution is 2.42. The molecule has 0 aliphatic carbocycles. The maximum Gasteiger partial charge on any atom is 0.338 e. The Balaban J connectivity index is 1.66. The van der Waals surface area contributed by atoms with E-state index in [4.69, 9.17) is 9.47 Å². The normalized spacial score (nSPS) is 18.2. The van der Waals surface area contributed by atoms with Gasteiger partial charge < -0.3 is 14.4 Å². The molecule has 4 heteroatoms. The largest absolute Gasteiger partial charge is 0.497 e. The SMILES string of the molecule is COc1ccc(C(=O)OCCN2c3ccccc3C(C)CC2(C)C)cc1. The van der Waals surface area contributed by atoms with Gasteiger partial charge in [0.1, 0.15) is 12.4 Å². The first kappa shape index (κ1) is 18.3. The van der Waals surface area contributed by atoms with Gasteiger partial charge >= 0.3 is 5.97 Å². The Kier molecular flexibility index (Phi) is 5.21. The van der Waals surface area contributed by atoms with Crippen LogP contribution in [0.4, 0.5) is 5.69 Å². The number of para-hydroxylation sites is 1. The minimum atomic E-state index is -0.302. The van der Waals surface area contributed by atoms with E-state index in [1.807, 2.05) is 0 Å². The predicted molar refractivity (Wildman–Crippen MR) is 104 cm³/mol. The van der Waals surface area contributed by atoms with Crippen molar-refractivity contribution < 1.29 is 14.3 Å². The number of carbonyl (C=O) groups is 1. The number of methoxy groups -OCH3 is 1. The Morgan fingerprint density at radius 1 is 1.15 bits per heavy atom. The molecule has 4 nitrogen and oxygen atoms in total. The quantitative estimate of drug-likeness (QED) is 0.734. The summed E-state index contributed by atoms with van der Waals surface area (Å²) in [5.41, 5.74) is 3.18. The summed E-state index contributed by atoms with van der Waals surface area (Å²) in [6.45, 7) is 7.83. The van der Waals surface area contributed by atoms with E-state index in [-0.39, 0.29) is 11.5 Å². The number of hydrogen-bond donors (Lipinski definition) is 0. The third kappa shape index (κ3) is 3.69. The van der Waals surface area contributed by atoms with E-state index in [1.54, 1.807) is 31.4 Å². The first-order valence-electron chi connectivity index (χ1n) is 9.10. The van der Waals surface area contributed by atoms with Crippen LogP contribution >= 0.6 is 0 Å². The van der Waals surface area contributed by atoms with Gasteiger partial charge in [-0.1, -0.05) is 25.1 Å². The van der Waals surface area contributed by atoms with Crippen LogP contribution in [0.1, 0.15) is 49.0 Å². The van der Waals surface area contributed by atoms with Crippen LogP contribution in [0.3, 0.4) is 0 Å². The average Bonchev–Trinajstić information content (AvgIpc) is 2.64. The number of anilines is 1. The highest BCUT2D eigenvalue weighted by atomic mass is 16.5. The molecule has 0 aromatic heterocycles. The number of nitrogens with zero attached hydrogens (tertiary/aromatic N) is 1. The lowest BCUT2D eigenvalue weighted by molar-refractivity contribution is 0.0509. The van der Waals surface area contributed by atoms with Crippen LogP contribution in [0.5, 0.6) is 5.75 Å². The molecule has 0 saturated heterocycles. The minimum Gasteiger partial charge on any atom is -0.497 e. The van der Waals surface area contributed by atoms with Gasteiger partial charge in [0.05, 0.1) is 19.2 Å². The molecule has 3 rings (SSSR count). The second-order valence-electron chi connectivity index (χ2n) is 7.49. The smallest absolute Gasteiger partial charge is 0.338 e. The zero-order valence-electron chi connectivity index (χ0n) is 16.0. The number of fused-ring (bicyclic) bond motifs is 1. The van der Waals surface area contributed by atoms with Crippen molar-refractivity contribution in [2.75, 3.05) is 25.2 Å². The van der Waals surface area contributed by atoms with Crippen LogP contribution in [-0.2, 0) is 4.74 Å². The Bertz CT molecular complexity index is 767. The minimum absolute atomic E-state index is 0.0281. The van der Waals surface area contributed by atoms with Gasteiger partial charge in [-0.2, -0.15) is 0 Å². The number of esters is 1. The van der Waals surface area contributed by atoms with Gasteiger partial charge in [0, 0.05) is 11.2 Å². The molecule has 0 fully saturated rings. The molecule has 1 heterocycles. The molecule has 0 N–H and O–H groups in total. The van der Waals surface area contributed by atoms with Gasteiger partial charge in [0.2, 0.25) is 0 Å². The molecule has 0 amide bonds. The fraction of sp³-hybridized carbons (Fsp3) is 0.409. The Morgan fingerprint density at radius 2 is 1.85 bits per heavy atom. The summed E-state index contributed by atoms with van der Waals surface area (Å²) in [4.78, 5) is 14.6. The Labute approximate surface area is 155 Å². The first-order chi connectivity index (χ1) is 12.4. The molecule has 26 heavy (non-hydrogen) atoms.